The van der Waals surface area contributed by atoms with Crippen molar-refractivity contribution in [2.24, 2.45) is 0 Å². The molecule has 3 rings (SSSR count). The zero-order chi connectivity index (χ0) is 20.7. The Labute approximate surface area is 175 Å². The second kappa shape index (κ2) is 9.09. The quantitative estimate of drug-likeness (QED) is 0.402. The Morgan fingerprint density at radius 3 is 1.93 bits per heavy atom. The van der Waals surface area contributed by atoms with Crippen molar-refractivity contribution in [2.45, 2.75) is 32.0 Å². The SMILES string of the molecule is CCC(O)(/C(=C/[Si](C)(C)C#Cc1ccccc1)c1ccccc1)c1ccccc1. The standard InChI is InChI=1S/C27H28OSi/c1-4-27(28,25-18-12-7-13-19-25)26(24-16-10-6-11-17-24)22-29(2,3)21-20-23-14-8-5-9-15-23/h5-19,22,28H,4H2,1-3H3/b26-22+. The van der Waals surface area contributed by atoms with Gasteiger partial charge >= 0.3 is 0 Å². The first-order valence-corrected chi connectivity index (χ1v) is 13.2. The van der Waals surface area contributed by atoms with Crippen molar-refractivity contribution in [3.63, 3.8) is 0 Å². The molecule has 0 radical (unpaired) electrons. The Balaban J connectivity index is 2.12. The first-order valence-electron chi connectivity index (χ1n) is 10.1. The maximum atomic E-state index is 11.9. The molecule has 29 heavy (non-hydrogen) atoms. The van der Waals surface area contributed by atoms with E-state index >= 15 is 0 Å². The summed E-state index contributed by atoms with van der Waals surface area (Å²) in [5.74, 6) is 3.34. The van der Waals surface area contributed by atoms with Crippen LogP contribution in [0.4, 0.5) is 0 Å². The highest BCUT2D eigenvalue weighted by atomic mass is 28.3. The lowest BCUT2D eigenvalue weighted by Crippen LogP contribution is -2.30. The molecule has 0 fully saturated rings. The molecule has 0 amide bonds. The molecule has 0 aliphatic rings. The smallest absolute Gasteiger partial charge is 0.156 e. The van der Waals surface area contributed by atoms with Crippen LogP contribution < -0.4 is 0 Å². The molecular formula is C27H28OSi. The molecule has 0 bridgehead atoms. The van der Waals surface area contributed by atoms with Gasteiger partial charge < -0.3 is 5.11 Å². The lowest BCUT2D eigenvalue weighted by atomic mass is 9.81. The zero-order valence-corrected chi connectivity index (χ0v) is 18.4. The van der Waals surface area contributed by atoms with Gasteiger partial charge in [-0.2, -0.15) is 0 Å². The van der Waals surface area contributed by atoms with Crippen LogP contribution in [0.15, 0.2) is 96.7 Å². The fourth-order valence-electron chi connectivity index (χ4n) is 3.47. The maximum absolute atomic E-state index is 11.9. The predicted molar refractivity (Wildman–Crippen MR) is 126 cm³/mol. The molecule has 146 valence electrons. The molecule has 1 N–H and O–H groups in total. The molecular weight excluding hydrogens is 368 g/mol. The summed E-state index contributed by atoms with van der Waals surface area (Å²) in [6.45, 7) is 6.49. The molecule has 0 spiro atoms. The first-order chi connectivity index (χ1) is 13.9. The average Bonchev–Trinajstić information content (AvgIpc) is 2.77. The van der Waals surface area contributed by atoms with E-state index in [4.69, 9.17) is 0 Å². The number of benzene rings is 3. The van der Waals surface area contributed by atoms with Crippen molar-refractivity contribution in [3.8, 4) is 11.5 Å². The van der Waals surface area contributed by atoms with E-state index in [0.717, 1.165) is 22.3 Å². The van der Waals surface area contributed by atoms with Gasteiger partial charge in [0.15, 0.2) is 8.07 Å². The van der Waals surface area contributed by atoms with Crippen LogP contribution in [0, 0.1) is 11.5 Å². The van der Waals surface area contributed by atoms with E-state index in [9.17, 15) is 5.11 Å². The van der Waals surface area contributed by atoms with E-state index in [1.807, 2.05) is 85.8 Å². The van der Waals surface area contributed by atoms with Gasteiger partial charge in [-0.3, -0.25) is 0 Å². The number of aliphatic hydroxyl groups is 1. The van der Waals surface area contributed by atoms with Crippen LogP contribution in [0.3, 0.4) is 0 Å². The molecule has 0 saturated heterocycles. The summed E-state index contributed by atoms with van der Waals surface area (Å²) in [7, 11) is -2.07. The Kier molecular flexibility index (Phi) is 6.54. The highest BCUT2D eigenvalue weighted by Gasteiger charge is 2.34. The molecule has 0 aliphatic heterocycles. The first kappa shape index (κ1) is 20.9. The summed E-state index contributed by atoms with van der Waals surface area (Å²) in [5.41, 5.74) is 8.66. The van der Waals surface area contributed by atoms with E-state index in [0.29, 0.717) is 6.42 Å². The van der Waals surface area contributed by atoms with Gasteiger partial charge in [0.05, 0.1) is 0 Å². The van der Waals surface area contributed by atoms with Gasteiger partial charge in [0.1, 0.15) is 5.60 Å². The minimum Gasteiger partial charge on any atom is -0.380 e. The molecule has 3 aromatic carbocycles. The maximum Gasteiger partial charge on any atom is 0.156 e. The van der Waals surface area contributed by atoms with Crippen molar-refractivity contribution < 1.29 is 5.11 Å². The van der Waals surface area contributed by atoms with E-state index in [2.05, 4.69) is 42.4 Å². The molecule has 1 nitrogen and oxygen atoms in total. The van der Waals surface area contributed by atoms with Crippen LogP contribution in [-0.4, -0.2) is 13.2 Å². The molecule has 1 atom stereocenters. The van der Waals surface area contributed by atoms with Gasteiger partial charge in [-0.05, 0) is 35.3 Å². The van der Waals surface area contributed by atoms with Crippen LogP contribution in [0.25, 0.3) is 5.57 Å². The van der Waals surface area contributed by atoms with Gasteiger partial charge in [-0.25, -0.2) is 0 Å². The largest absolute Gasteiger partial charge is 0.380 e. The topological polar surface area (TPSA) is 20.2 Å². The van der Waals surface area contributed by atoms with Crippen molar-refractivity contribution >= 4 is 13.6 Å². The second-order valence-electron chi connectivity index (χ2n) is 7.84. The number of rotatable bonds is 5. The van der Waals surface area contributed by atoms with E-state index in [1.165, 1.54) is 0 Å². The third-order valence-electron chi connectivity index (χ3n) is 5.10. The lowest BCUT2D eigenvalue weighted by molar-refractivity contribution is 0.0964. The summed E-state index contributed by atoms with van der Waals surface area (Å²) < 4.78 is 0. The van der Waals surface area contributed by atoms with Crippen molar-refractivity contribution in [2.75, 3.05) is 0 Å². The summed E-state index contributed by atoms with van der Waals surface area (Å²) in [6, 6.07) is 30.2. The molecule has 0 aromatic heterocycles. The van der Waals surface area contributed by atoms with Gasteiger partial charge in [0, 0.05) is 5.56 Å². The van der Waals surface area contributed by atoms with Gasteiger partial charge in [0.25, 0.3) is 0 Å². The minimum absolute atomic E-state index is 0.592. The molecule has 0 heterocycles. The van der Waals surface area contributed by atoms with Crippen molar-refractivity contribution in [3.05, 3.63) is 113 Å². The summed E-state index contributed by atoms with van der Waals surface area (Å²) in [4.78, 5) is 0. The second-order valence-corrected chi connectivity index (χ2v) is 11.8. The molecule has 2 heteroatoms. The van der Waals surface area contributed by atoms with Crippen molar-refractivity contribution in [1.29, 1.82) is 0 Å². The van der Waals surface area contributed by atoms with Gasteiger partial charge in [0.2, 0.25) is 0 Å². The minimum atomic E-state index is -2.07. The predicted octanol–water partition coefficient (Wildman–Crippen LogP) is 6.21. The van der Waals surface area contributed by atoms with Crippen LogP contribution in [-0.2, 0) is 5.60 Å². The summed E-state index contributed by atoms with van der Waals surface area (Å²) in [5, 5.41) is 11.9. The Bertz CT molecular complexity index is 1010. The summed E-state index contributed by atoms with van der Waals surface area (Å²) in [6.07, 6.45) is 0.592. The normalized spacial score (nSPS) is 13.9. The molecule has 1 unspecified atom stereocenters. The Hall–Kier alpha value is -2.86. The number of hydrogen-bond donors (Lipinski definition) is 1. The zero-order valence-electron chi connectivity index (χ0n) is 17.4. The monoisotopic (exact) mass is 396 g/mol. The van der Waals surface area contributed by atoms with Gasteiger partial charge in [-0.1, -0.05) is 111 Å². The summed E-state index contributed by atoms with van der Waals surface area (Å²) >= 11 is 0. The Morgan fingerprint density at radius 1 is 0.862 bits per heavy atom. The highest BCUT2D eigenvalue weighted by molar-refractivity contribution is 6.90. The highest BCUT2D eigenvalue weighted by Crippen LogP contribution is 2.40. The van der Waals surface area contributed by atoms with Crippen molar-refractivity contribution in [1.82, 2.24) is 0 Å². The van der Waals surface area contributed by atoms with Crippen LogP contribution in [0.2, 0.25) is 13.1 Å². The molecule has 3 aromatic rings. The molecule has 0 aliphatic carbocycles. The van der Waals surface area contributed by atoms with Crippen LogP contribution in [0.5, 0.6) is 0 Å². The third-order valence-corrected chi connectivity index (χ3v) is 6.88. The van der Waals surface area contributed by atoms with Crippen LogP contribution >= 0.6 is 0 Å². The average molecular weight is 397 g/mol. The van der Waals surface area contributed by atoms with Gasteiger partial charge in [-0.15, -0.1) is 5.54 Å². The fourth-order valence-corrected chi connectivity index (χ4v) is 5.14. The van der Waals surface area contributed by atoms with E-state index in [-0.39, 0.29) is 0 Å². The van der Waals surface area contributed by atoms with E-state index in [1.54, 1.807) is 0 Å². The van der Waals surface area contributed by atoms with Crippen LogP contribution in [0.1, 0.15) is 30.0 Å². The third kappa shape index (κ3) is 5.15. The fraction of sp³-hybridized carbons (Fsp3) is 0.185. The lowest BCUT2D eigenvalue weighted by Gasteiger charge is -2.32. The van der Waals surface area contributed by atoms with E-state index < -0.39 is 13.7 Å². The molecule has 0 saturated carbocycles. The number of hydrogen-bond acceptors (Lipinski definition) is 1. The Morgan fingerprint density at radius 2 is 1.38 bits per heavy atom.